The summed E-state index contributed by atoms with van der Waals surface area (Å²) in [5, 5.41) is 6.70. The fraction of sp³-hybridized carbons (Fsp3) is 0.667. The van der Waals surface area contributed by atoms with E-state index in [1.54, 1.807) is 0 Å². The molecular weight excluding hydrogens is 310 g/mol. The molecule has 1 saturated carbocycles. The van der Waals surface area contributed by atoms with Crippen molar-refractivity contribution in [2.45, 2.75) is 77.2 Å². The molecule has 1 aromatic carbocycles. The molecule has 1 heterocycles. The molecule has 0 aromatic heterocycles. The number of carbonyl (C=O) groups is 1. The van der Waals surface area contributed by atoms with Crippen LogP contribution in [0, 0.1) is 5.92 Å². The number of hydrogen-bond donors (Lipinski definition) is 2. The van der Waals surface area contributed by atoms with Gasteiger partial charge in [-0.2, -0.15) is 0 Å². The smallest absolute Gasteiger partial charge is 0.237 e. The van der Waals surface area contributed by atoms with Gasteiger partial charge in [0.2, 0.25) is 5.91 Å². The van der Waals surface area contributed by atoms with Gasteiger partial charge in [0.05, 0.1) is 6.04 Å². The molecule has 4 heteroatoms. The van der Waals surface area contributed by atoms with Gasteiger partial charge in [0, 0.05) is 25.2 Å². The molecule has 2 aliphatic rings. The van der Waals surface area contributed by atoms with E-state index in [4.69, 9.17) is 0 Å². The van der Waals surface area contributed by atoms with E-state index in [2.05, 4.69) is 60.7 Å². The van der Waals surface area contributed by atoms with Gasteiger partial charge >= 0.3 is 0 Å². The van der Waals surface area contributed by atoms with Crippen LogP contribution in [0.15, 0.2) is 24.3 Å². The number of benzene rings is 1. The molecule has 2 N–H and O–H groups in total. The Morgan fingerprint density at radius 2 is 2.04 bits per heavy atom. The summed E-state index contributed by atoms with van der Waals surface area (Å²) in [5.41, 5.74) is 2.48. The van der Waals surface area contributed by atoms with E-state index >= 15 is 0 Å². The minimum absolute atomic E-state index is 0.00311. The van der Waals surface area contributed by atoms with Crippen molar-refractivity contribution in [2.75, 3.05) is 7.05 Å². The number of rotatable bonds is 6. The van der Waals surface area contributed by atoms with Crippen molar-refractivity contribution < 1.29 is 4.79 Å². The second kappa shape index (κ2) is 8.33. The number of nitrogens with zero attached hydrogens (tertiary/aromatic N) is 1. The maximum atomic E-state index is 12.5. The van der Waals surface area contributed by atoms with Crippen molar-refractivity contribution >= 4 is 5.91 Å². The van der Waals surface area contributed by atoms with E-state index in [0.29, 0.717) is 24.5 Å². The van der Waals surface area contributed by atoms with Gasteiger partial charge in [0.15, 0.2) is 0 Å². The highest BCUT2D eigenvalue weighted by Gasteiger charge is 2.37. The summed E-state index contributed by atoms with van der Waals surface area (Å²) in [6.07, 6.45) is 6.16. The largest absolute Gasteiger partial charge is 0.351 e. The summed E-state index contributed by atoms with van der Waals surface area (Å²) in [7, 11) is 2.14. The van der Waals surface area contributed by atoms with Gasteiger partial charge in [-0.15, -0.1) is 0 Å². The fourth-order valence-electron chi connectivity index (χ4n) is 4.14. The summed E-state index contributed by atoms with van der Waals surface area (Å²) in [6.45, 7) is 5.96. The van der Waals surface area contributed by atoms with Gasteiger partial charge in [0.1, 0.15) is 0 Å². The molecule has 1 amide bonds. The van der Waals surface area contributed by atoms with E-state index in [-0.39, 0.29) is 11.9 Å². The minimum Gasteiger partial charge on any atom is -0.351 e. The van der Waals surface area contributed by atoms with Crippen LogP contribution in [0.25, 0.3) is 0 Å². The molecule has 2 fully saturated rings. The molecule has 4 nitrogen and oxygen atoms in total. The lowest BCUT2D eigenvalue weighted by Gasteiger charge is -2.24. The van der Waals surface area contributed by atoms with E-state index in [0.717, 1.165) is 13.0 Å². The average molecular weight is 344 g/mol. The second-order valence-corrected chi connectivity index (χ2v) is 8.15. The van der Waals surface area contributed by atoms with Gasteiger partial charge in [-0.25, -0.2) is 0 Å². The first-order valence-electron chi connectivity index (χ1n) is 9.84. The van der Waals surface area contributed by atoms with E-state index in [1.165, 1.54) is 36.8 Å². The highest BCUT2D eigenvalue weighted by Crippen LogP contribution is 2.33. The van der Waals surface area contributed by atoms with Crippen molar-refractivity contribution in [3.05, 3.63) is 35.4 Å². The molecule has 3 unspecified atom stereocenters. The predicted molar refractivity (Wildman–Crippen MR) is 102 cm³/mol. The lowest BCUT2D eigenvalue weighted by molar-refractivity contribution is -0.123. The third kappa shape index (κ3) is 4.83. The van der Waals surface area contributed by atoms with E-state index in [9.17, 15) is 4.79 Å². The summed E-state index contributed by atoms with van der Waals surface area (Å²) in [6, 6.07) is 9.66. The molecule has 25 heavy (non-hydrogen) atoms. The van der Waals surface area contributed by atoms with Gasteiger partial charge in [-0.05, 0) is 57.2 Å². The standard InChI is InChI=1S/C21H33N3O/c1-15(2)24(3)14-17-8-6-7-16(11-17)13-22-21(25)20-12-18-9-4-5-10-19(18)23-20/h6-8,11,15,18-20,23H,4-5,9-10,12-14H2,1-3H3,(H,22,25). The Kier molecular flexibility index (Phi) is 6.13. The van der Waals surface area contributed by atoms with Crippen LogP contribution in [-0.2, 0) is 17.9 Å². The molecule has 0 spiro atoms. The zero-order chi connectivity index (χ0) is 17.8. The molecule has 138 valence electrons. The van der Waals surface area contributed by atoms with E-state index in [1.807, 2.05) is 0 Å². The van der Waals surface area contributed by atoms with Crippen LogP contribution in [0.1, 0.15) is 57.1 Å². The SMILES string of the molecule is CC(C)N(C)Cc1cccc(CNC(=O)C2CC3CCCCC3N2)c1. The summed E-state index contributed by atoms with van der Waals surface area (Å²) in [4.78, 5) is 14.9. The average Bonchev–Trinajstić information content (AvgIpc) is 3.04. The van der Waals surface area contributed by atoms with Gasteiger partial charge in [-0.3, -0.25) is 9.69 Å². The van der Waals surface area contributed by atoms with Crippen molar-refractivity contribution in [2.24, 2.45) is 5.92 Å². The third-order valence-electron chi connectivity index (χ3n) is 5.95. The molecule has 1 aromatic rings. The molecule has 0 radical (unpaired) electrons. The topological polar surface area (TPSA) is 44.4 Å². The Bertz CT molecular complexity index is 572. The molecule has 1 aliphatic heterocycles. The minimum atomic E-state index is 0.00311. The predicted octanol–water partition coefficient (Wildman–Crippen LogP) is 3.06. The lowest BCUT2D eigenvalue weighted by atomic mass is 9.85. The van der Waals surface area contributed by atoms with Crippen molar-refractivity contribution in [1.82, 2.24) is 15.5 Å². The molecular formula is C21H33N3O. The highest BCUT2D eigenvalue weighted by atomic mass is 16.2. The van der Waals surface area contributed by atoms with Crippen LogP contribution >= 0.6 is 0 Å². The normalized spacial score (nSPS) is 26.0. The van der Waals surface area contributed by atoms with Crippen molar-refractivity contribution in [1.29, 1.82) is 0 Å². The number of hydrogen-bond acceptors (Lipinski definition) is 3. The van der Waals surface area contributed by atoms with Crippen molar-refractivity contribution in [3.8, 4) is 0 Å². The zero-order valence-corrected chi connectivity index (χ0v) is 15.9. The highest BCUT2D eigenvalue weighted by molar-refractivity contribution is 5.82. The molecule has 1 saturated heterocycles. The van der Waals surface area contributed by atoms with Crippen LogP contribution < -0.4 is 10.6 Å². The molecule has 3 rings (SSSR count). The molecule has 3 atom stereocenters. The van der Waals surface area contributed by atoms with Crippen LogP contribution in [0.3, 0.4) is 0 Å². The van der Waals surface area contributed by atoms with Crippen LogP contribution in [-0.4, -0.2) is 36.0 Å². The monoisotopic (exact) mass is 343 g/mol. The van der Waals surface area contributed by atoms with Crippen LogP contribution in [0.5, 0.6) is 0 Å². The fourth-order valence-corrected chi connectivity index (χ4v) is 4.14. The number of nitrogens with one attached hydrogen (secondary N) is 2. The van der Waals surface area contributed by atoms with Gasteiger partial charge in [-0.1, -0.05) is 37.1 Å². The third-order valence-corrected chi connectivity index (χ3v) is 5.95. The van der Waals surface area contributed by atoms with Crippen LogP contribution in [0.4, 0.5) is 0 Å². The maximum absolute atomic E-state index is 12.5. The zero-order valence-electron chi connectivity index (χ0n) is 15.9. The first kappa shape index (κ1) is 18.4. The second-order valence-electron chi connectivity index (χ2n) is 8.15. The Morgan fingerprint density at radius 1 is 1.28 bits per heavy atom. The lowest BCUT2D eigenvalue weighted by Crippen LogP contribution is -2.42. The number of carbonyl (C=O) groups excluding carboxylic acids is 1. The first-order chi connectivity index (χ1) is 12.0. The van der Waals surface area contributed by atoms with Gasteiger partial charge in [0.25, 0.3) is 0 Å². The summed E-state index contributed by atoms with van der Waals surface area (Å²) in [5.74, 6) is 0.874. The summed E-state index contributed by atoms with van der Waals surface area (Å²) >= 11 is 0. The number of fused-ring (bicyclic) bond motifs is 1. The summed E-state index contributed by atoms with van der Waals surface area (Å²) < 4.78 is 0. The van der Waals surface area contributed by atoms with Gasteiger partial charge < -0.3 is 10.6 Å². The quantitative estimate of drug-likeness (QED) is 0.834. The molecule has 1 aliphatic carbocycles. The Labute approximate surface area is 152 Å². The molecule has 0 bridgehead atoms. The Balaban J connectivity index is 1.50. The maximum Gasteiger partial charge on any atom is 0.237 e. The van der Waals surface area contributed by atoms with Crippen molar-refractivity contribution in [3.63, 3.8) is 0 Å². The first-order valence-corrected chi connectivity index (χ1v) is 9.84. The number of amides is 1. The Morgan fingerprint density at radius 3 is 2.80 bits per heavy atom. The van der Waals surface area contributed by atoms with Crippen LogP contribution in [0.2, 0.25) is 0 Å². The van der Waals surface area contributed by atoms with E-state index < -0.39 is 0 Å². The Hall–Kier alpha value is -1.39.